The van der Waals surface area contributed by atoms with Gasteiger partial charge in [0.25, 0.3) is 0 Å². The van der Waals surface area contributed by atoms with Gasteiger partial charge in [-0.05, 0) is 12.8 Å². The highest BCUT2D eigenvalue weighted by Crippen LogP contribution is 2.20. The minimum absolute atomic E-state index is 0.176. The van der Waals surface area contributed by atoms with E-state index in [9.17, 15) is 9.59 Å². The monoisotopic (exact) mass is 272 g/mol. The lowest BCUT2D eigenvalue weighted by atomic mass is 10.0. The largest absolute Gasteiger partial charge is 0.481 e. The maximum atomic E-state index is 12.1. The van der Waals surface area contributed by atoms with E-state index in [1.54, 1.807) is 4.90 Å². The summed E-state index contributed by atoms with van der Waals surface area (Å²) in [6.45, 7) is 7.53. The molecule has 1 saturated heterocycles. The van der Waals surface area contributed by atoms with Crippen molar-refractivity contribution in [3.05, 3.63) is 0 Å². The molecule has 0 saturated carbocycles. The highest BCUT2D eigenvalue weighted by molar-refractivity contribution is 5.77. The molecule has 6 heteroatoms. The Morgan fingerprint density at radius 2 is 2.11 bits per heavy atom. The molecule has 0 aliphatic carbocycles. The lowest BCUT2D eigenvalue weighted by molar-refractivity contribution is -0.142. The molecule has 0 aromatic carbocycles. The van der Waals surface area contributed by atoms with Crippen LogP contribution < -0.4 is 5.32 Å². The van der Waals surface area contributed by atoms with Gasteiger partial charge < -0.3 is 20.1 Å². The number of hydrogen-bond donors (Lipinski definition) is 2. The van der Waals surface area contributed by atoms with Crippen molar-refractivity contribution in [2.45, 2.75) is 33.2 Å². The van der Waals surface area contributed by atoms with E-state index >= 15 is 0 Å². The molecule has 0 bridgehead atoms. The van der Waals surface area contributed by atoms with Crippen LogP contribution >= 0.6 is 0 Å². The van der Waals surface area contributed by atoms with Gasteiger partial charge in [0.15, 0.2) is 0 Å². The summed E-state index contributed by atoms with van der Waals surface area (Å²) in [6, 6.07) is -0.580. The van der Waals surface area contributed by atoms with E-state index in [1.807, 2.05) is 6.92 Å². The van der Waals surface area contributed by atoms with E-state index < -0.39 is 11.9 Å². The van der Waals surface area contributed by atoms with Crippen LogP contribution in [-0.4, -0.2) is 54.4 Å². The molecule has 1 rings (SSSR count). The number of likely N-dealkylation sites (N-methyl/N-ethyl adjacent to an activating group) is 1. The van der Waals surface area contributed by atoms with Crippen molar-refractivity contribution >= 4 is 12.0 Å². The van der Waals surface area contributed by atoms with Crippen molar-refractivity contribution in [3.8, 4) is 0 Å². The number of carbonyl (C=O) groups excluding carboxylic acids is 1. The summed E-state index contributed by atoms with van der Waals surface area (Å²) in [5, 5.41) is 12.0. The van der Waals surface area contributed by atoms with Crippen LogP contribution in [0.1, 0.15) is 27.2 Å². The molecule has 19 heavy (non-hydrogen) atoms. The summed E-state index contributed by atoms with van der Waals surface area (Å²) in [5.41, 5.74) is 0. The number of nitrogens with zero attached hydrogens (tertiary/aromatic N) is 1. The smallest absolute Gasteiger partial charge is 0.317 e. The molecule has 0 aromatic heterocycles. The van der Waals surface area contributed by atoms with E-state index in [-0.39, 0.29) is 18.7 Å². The first-order chi connectivity index (χ1) is 9.01. The summed E-state index contributed by atoms with van der Waals surface area (Å²) in [4.78, 5) is 24.8. The van der Waals surface area contributed by atoms with Crippen LogP contribution in [-0.2, 0) is 9.53 Å². The molecule has 110 valence electrons. The first-order valence-corrected chi connectivity index (χ1v) is 6.86. The first kappa shape index (κ1) is 15.8. The number of ether oxygens (including phenoxy) is 1. The van der Waals surface area contributed by atoms with E-state index in [1.165, 1.54) is 0 Å². The van der Waals surface area contributed by atoms with Gasteiger partial charge in [0.05, 0.1) is 19.3 Å². The summed E-state index contributed by atoms with van der Waals surface area (Å²) in [6.07, 6.45) is 0.997. The lowest BCUT2D eigenvalue weighted by Crippen LogP contribution is -2.51. The molecule has 1 heterocycles. The molecular formula is C13H24N2O4. The van der Waals surface area contributed by atoms with Gasteiger partial charge in [0, 0.05) is 13.1 Å². The number of carbonyl (C=O) groups is 2. The summed E-state index contributed by atoms with van der Waals surface area (Å²) in [5.74, 6) is -1.12. The first-order valence-electron chi connectivity index (χ1n) is 6.86. The molecule has 1 fully saturated rings. The molecular weight excluding hydrogens is 248 g/mol. The van der Waals surface area contributed by atoms with Crippen molar-refractivity contribution in [1.29, 1.82) is 0 Å². The van der Waals surface area contributed by atoms with Crippen molar-refractivity contribution in [2.24, 2.45) is 11.8 Å². The fourth-order valence-electron chi connectivity index (χ4n) is 2.12. The third kappa shape index (κ3) is 4.09. The van der Waals surface area contributed by atoms with Crippen molar-refractivity contribution < 1.29 is 19.4 Å². The molecule has 0 aromatic rings. The predicted molar refractivity (Wildman–Crippen MR) is 71.0 cm³/mol. The quantitative estimate of drug-likeness (QED) is 0.760. The van der Waals surface area contributed by atoms with E-state index in [0.29, 0.717) is 25.6 Å². The summed E-state index contributed by atoms with van der Waals surface area (Å²) >= 11 is 0. The van der Waals surface area contributed by atoms with Crippen molar-refractivity contribution in [1.82, 2.24) is 10.2 Å². The van der Waals surface area contributed by atoms with Crippen LogP contribution in [0, 0.1) is 11.8 Å². The average Bonchev–Trinajstić information content (AvgIpc) is 2.86. The Bertz CT molecular complexity index is 322. The number of amides is 2. The fraction of sp³-hybridized carbons (Fsp3) is 0.846. The number of aliphatic carboxylic acids is 1. The van der Waals surface area contributed by atoms with Gasteiger partial charge >= 0.3 is 12.0 Å². The van der Waals surface area contributed by atoms with Gasteiger partial charge in [-0.25, -0.2) is 4.79 Å². The van der Waals surface area contributed by atoms with Gasteiger partial charge in [-0.3, -0.25) is 4.79 Å². The SMILES string of the molecule is CCC(C)CNC(=O)N(CC)C1COCC1C(=O)O. The molecule has 0 spiro atoms. The Morgan fingerprint density at radius 1 is 1.42 bits per heavy atom. The molecule has 2 amide bonds. The number of nitrogens with one attached hydrogen (secondary N) is 1. The number of urea groups is 1. The molecule has 1 aliphatic heterocycles. The van der Waals surface area contributed by atoms with E-state index in [4.69, 9.17) is 9.84 Å². The van der Waals surface area contributed by atoms with E-state index in [2.05, 4.69) is 19.2 Å². The second-order valence-corrected chi connectivity index (χ2v) is 5.04. The third-order valence-electron chi connectivity index (χ3n) is 3.67. The predicted octanol–water partition coefficient (Wildman–Crippen LogP) is 1.16. The van der Waals surface area contributed by atoms with Gasteiger partial charge in [-0.2, -0.15) is 0 Å². The zero-order valence-corrected chi connectivity index (χ0v) is 11.9. The Balaban J connectivity index is 2.61. The van der Waals surface area contributed by atoms with Crippen LogP contribution in [0.4, 0.5) is 4.79 Å². The number of carboxylic acids is 1. The standard InChI is InChI=1S/C13H24N2O4/c1-4-9(3)6-14-13(18)15(5-2)11-8-19-7-10(11)12(16)17/h9-11H,4-8H2,1-3H3,(H,14,18)(H,16,17). The second-order valence-electron chi connectivity index (χ2n) is 5.04. The normalized spacial score (nSPS) is 23.9. The highest BCUT2D eigenvalue weighted by Gasteiger charge is 2.39. The number of hydrogen-bond acceptors (Lipinski definition) is 3. The average molecular weight is 272 g/mol. The van der Waals surface area contributed by atoms with Crippen molar-refractivity contribution in [2.75, 3.05) is 26.3 Å². The summed E-state index contributed by atoms with van der Waals surface area (Å²) < 4.78 is 5.21. The maximum absolute atomic E-state index is 12.1. The van der Waals surface area contributed by atoms with Gasteiger partial charge in [-0.1, -0.05) is 20.3 Å². The third-order valence-corrected chi connectivity index (χ3v) is 3.67. The molecule has 6 nitrogen and oxygen atoms in total. The van der Waals surface area contributed by atoms with Crippen LogP contribution in [0.2, 0.25) is 0 Å². The van der Waals surface area contributed by atoms with Crippen LogP contribution in [0.25, 0.3) is 0 Å². The molecule has 1 aliphatic rings. The Morgan fingerprint density at radius 3 is 2.63 bits per heavy atom. The Labute approximate surface area is 114 Å². The van der Waals surface area contributed by atoms with Gasteiger partial charge in [0.2, 0.25) is 0 Å². The Hall–Kier alpha value is -1.30. The minimum Gasteiger partial charge on any atom is -0.481 e. The van der Waals surface area contributed by atoms with E-state index in [0.717, 1.165) is 6.42 Å². The molecule has 2 N–H and O–H groups in total. The lowest BCUT2D eigenvalue weighted by Gasteiger charge is -2.29. The van der Waals surface area contributed by atoms with Crippen LogP contribution in [0.15, 0.2) is 0 Å². The highest BCUT2D eigenvalue weighted by atomic mass is 16.5. The van der Waals surface area contributed by atoms with Gasteiger partial charge in [0.1, 0.15) is 5.92 Å². The van der Waals surface area contributed by atoms with Crippen molar-refractivity contribution in [3.63, 3.8) is 0 Å². The molecule has 3 unspecified atom stereocenters. The summed E-state index contributed by atoms with van der Waals surface area (Å²) in [7, 11) is 0. The zero-order valence-electron chi connectivity index (χ0n) is 11.9. The van der Waals surface area contributed by atoms with Crippen LogP contribution in [0.3, 0.4) is 0 Å². The van der Waals surface area contributed by atoms with Gasteiger partial charge in [-0.15, -0.1) is 0 Å². The molecule has 0 radical (unpaired) electrons. The topological polar surface area (TPSA) is 78.9 Å². The fourth-order valence-corrected chi connectivity index (χ4v) is 2.12. The second kappa shape index (κ2) is 7.33. The number of rotatable bonds is 6. The molecule has 3 atom stereocenters. The maximum Gasteiger partial charge on any atom is 0.317 e. The minimum atomic E-state index is -0.907. The zero-order chi connectivity index (χ0) is 14.4. The Kier molecular flexibility index (Phi) is 6.08. The number of carboxylic acid groups (broad SMARTS) is 1. The van der Waals surface area contributed by atoms with Crippen LogP contribution in [0.5, 0.6) is 0 Å².